The zero-order valence-electron chi connectivity index (χ0n) is 16.4. The molecule has 5 rings (SSSR count). The second kappa shape index (κ2) is 7.99. The first kappa shape index (κ1) is 18.4. The summed E-state index contributed by atoms with van der Waals surface area (Å²) in [6.45, 7) is 1.34. The number of pyridine rings is 1. The van der Waals surface area contributed by atoms with Crippen molar-refractivity contribution < 1.29 is 14.1 Å². The zero-order chi connectivity index (χ0) is 20.3. The molecular formula is C24H21N3O3. The van der Waals surface area contributed by atoms with Gasteiger partial charge in [0.25, 0.3) is 5.91 Å². The molecule has 0 N–H and O–H groups in total. The van der Waals surface area contributed by atoms with Gasteiger partial charge in [-0.3, -0.25) is 9.78 Å². The fourth-order valence-electron chi connectivity index (χ4n) is 3.84. The minimum absolute atomic E-state index is 0.0273. The number of likely N-dealkylation sites (tertiary alicyclic amines) is 1. The third-order valence-electron chi connectivity index (χ3n) is 5.44. The highest BCUT2D eigenvalue weighted by atomic mass is 16.5. The third-order valence-corrected chi connectivity index (χ3v) is 5.44. The summed E-state index contributed by atoms with van der Waals surface area (Å²) < 4.78 is 11.6. The normalized spacial score (nSPS) is 14.7. The van der Waals surface area contributed by atoms with Gasteiger partial charge < -0.3 is 14.2 Å². The summed E-state index contributed by atoms with van der Waals surface area (Å²) in [7, 11) is 0. The van der Waals surface area contributed by atoms with Gasteiger partial charge in [0.1, 0.15) is 17.4 Å². The molecular weight excluding hydrogens is 378 g/mol. The minimum atomic E-state index is 0.0273. The van der Waals surface area contributed by atoms with Crippen LogP contribution in [0, 0.1) is 0 Å². The lowest BCUT2D eigenvalue weighted by Crippen LogP contribution is -2.41. The van der Waals surface area contributed by atoms with Crippen LogP contribution < -0.4 is 4.74 Å². The summed E-state index contributed by atoms with van der Waals surface area (Å²) >= 11 is 0. The molecule has 30 heavy (non-hydrogen) atoms. The zero-order valence-corrected chi connectivity index (χ0v) is 16.4. The van der Waals surface area contributed by atoms with Gasteiger partial charge in [0.05, 0.1) is 5.39 Å². The van der Waals surface area contributed by atoms with Crippen molar-refractivity contribution in [2.45, 2.75) is 18.9 Å². The molecule has 0 aliphatic carbocycles. The van der Waals surface area contributed by atoms with E-state index < -0.39 is 0 Å². The van der Waals surface area contributed by atoms with Crippen LogP contribution in [0.25, 0.3) is 22.2 Å². The Hall–Kier alpha value is -3.67. The molecule has 3 heterocycles. The van der Waals surface area contributed by atoms with Gasteiger partial charge in [0.15, 0.2) is 5.76 Å². The first-order valence-corrected chi connectivity index (χ1v) is 10.1. The Kier molecular flexibility index (Phi) is 4.89. The van der Waals surface area contributed by atoms with Gasteiger partial charge in [-0.1, -0.05) is 35.5 Å². The molecule has 0 radical (unpaired) electrons. The van der Waals surface area contributed by atoms with Crippen LogP contribution in [0.5, 0.6) is 5.75 Å². The van der Waals surface area contributed by atoms with Crippen molar-refractivity contribution in [2.75, 3.05) is 13.1 Å². The van der Waals surface area contributed by atoms with Crippen LogP contribution in [-0.2, 0) is 0 Å². The summed E-state index contributed by atoms with van der Waals surface area (Å²) in [5.41, 5.74) is 2.34. The monoisotopic (exact) mass is 399 g/mol. The molecule has 0 spiro atoms. The van der Waals surface area contributed by atoms with Gasteiger partial charge in [-0.2, -0.15) is 0 Å². The van der Waals surface area contributed by atoms with Crippen LogP contribution in [0.15, 0.2) is 77.6 Å². The molecule has 1 saturated heterocycles. The van der Waals surface area contributed by atoms with Gasteiger partial charge in [-0.25, -0.2) is 0 Å². The number of hydrogen-bond donors (Lipinski definition) is 0. The second-order valence-electron chi connectivity index (χ2n) is 7.40. The fourth-order valence-corrected chi connectivity index (χ4v) is 3.84. The van der Waals surface area contributed by atoms with E-state index in [4.69, 9.17) is 9.26 Å². The maximum atomic E-state index is 13.1. The van der Waals surface area contributed by atoms with E-state index in [-0.39, 0.29) is 12.0 Å². The first-order valence-electron chi connectivity index (χ1n) is 10.1. The van der Waals surface area contributed by atoms with Gasteiger partial charge in [-0.05, 0) is 30.3 Å². The molecule has 2 aromatic carbocycles. The van der Waals surface area contributed by atoms with Crippen molar-refractivity contribution in [2.24, 2.45) is 0 Å². The molecule has 2 aromatic heterocycles. The fraction of sp³-hybridized carbons (Fsp3) is 0.208. The molecule has 0 unspecified atom stereocenters. The van der Waals surface area contributed by atoms with Crippen LogP contribution in [0.3, 0.4) is 0 Å². The average molecular weight is 399 g/mol. The third kappa shape index (κ3) is 3.64. The second-order valence-corrected chi connectivity index (χ2v) is 7.40. The van der Waals surface area contributed by atoms with Gasteiger partial charge in [0.2, 0.25) is 0 Å². The maximum absolute atomic E-state index is 13.1. The number of nitrogens with zero attached hydrogens (tertiary/aromatic N) is 3. The Morgan fingerprint density at radius 3 is 2.53 bits per heavy atom. The van der Waals surface area contributed by atoms with E-state index in [1.807, 2.05) is 65.6 Å². The lowest BCUT2D eigenvalue weighted by molar-refractivity contribution is 0.0595. The Morgan fingerprint density at radius 1 is 1.00 bits per heavy atom. The van der Waals surface area contributed by atoms with Gasteiger partial charge in [-0.15, -0.1) is 0 Å². The summed E-state index contributed by atoms with van der Waals surface area (Å²) in [5.74, 6) is 1.53. The number of aromatic nitrogens is 2. The summed E-state index contributed by atoms with van der Waals surface area (Å²) in [4.78, 5) is 19.0. The molecule has 150 valence electrons. The molecule has 1 amide bonds. The van der Waals surface area contributed by atoms with Gasteiger partial charge in [0, 0.05) is 49.5 Å². The van der Waals surface area contributed by atoms with Crippen LogP contribution in [0.2, 0.25) is 0 Å². The molecule has 6 heteroatoms. The van der Waals surface area contributed by atoms with Crippen LogP contribution in [0.4, 0.5) is 0 Å². The van der Waals surface area contributed by atoms with E-state index in [1.165, 1.54) is 0 Å². The van der Waals surface area contributed by atoms with E-state index in [9.17, 15) is 4.79 Å². The number of hydrogen-bond acceptors (Lipinski definition) is 5. The highest BCUT2D eigenvalue weighted by molar-refractivity contribution is 6.01. The number of carbonyl (C=O) groups is 1. The molecule has 1 aliphatic heterocycles. The lowest BCUT2D eigenvalue weighted by Gasteiger charge is -2.32. The molecule has 1 aliphatic rings. The summed E-state index contributed by atoms with van der Waals surface area (Å²) in [6.07, 6.45) is 5.16. The smallest absolute Gasteiger partial charge is 0.253 e. The Morgan fingerprint density at radius 2 is 1.77 bits per heavy atom. The topological polar surface area (TPSA) is 68.5 Å². The standard InChI is InChI=1S/C24H21N3O3/c28-24(27-14-10-20(11-15-27)29-19-8-12-25-13-9-19)18-6-7-22-21(16-18)23(30-26-22)17-4-2-1-3-5-17/h1-9,12-13,16,20H,10-11,14-15H2. The number of ether oxygens (including phenoxy) is 1. The number of fused-ring (bicyclic) bond motifs is 1. The Bertz CT molecular complexity index is 1150. The van der Waals surface area contributed by atoms with Crippen LogP contribution in [-0.4, -0.2) is 40.1 Å². The molecule has 1 fully saturated rings. The van der Waals surface area contributed by atoms with E-state index in [1.54, 1.807) is 12.4 Å². The number of carbonyl (C=O) groups excluding carboxylic acids is 1. The number of piperidine rings is 1. The summed E-state index contributed by atoms with van der Waals surface area (Å²) in [5, 5.41) is 4.99. The molecule has 0 bridgehead atoms. The minimum Gasteiger partial charge on any atom is -0.490 e. The SMILES string of the molecule is O=C(c1ccc2noc(-c3ccccc3)c2c1)N1CCC(Oc2ccncc2)CC1. The summed E-state index contributed by atoms with van der Waals surface area (Å²) in [6, 6.07) is 19.1. The van der Waals surface area contributed by atoms with Gasteiger partial charge >= 0.3 is 0 Å². The van der Waals surface area contributed by atoms with Crippen molar-refractivity contribution in [1.82, 2.24) is 15.0 Å². The van der Waals surface area contributed by atoms with Crippen LogP contribution >= 0.6 is 0 Å². The van der Waals surface area contributed by atoms with E-state index >= 15 is 0 Å². The predicted octanol–water partition coefficient (Wildman–Crippen LogP) is 4.57. The number of benzene rings is 2. The highest BCUT2D eigenvalue weighted by Crippen LogP contribution is 2.30. The van der Waals surface area contributed by atoms with Crippen molar-refractivity contribution in [3.8, 4) is 17.1 Å². The predicted molar refractivity (Wildman–Crippen MR) is 113 cm³/mol. The Labute approximate surface area is 174 Å². The molecule has 0 saturated carbocycles. The first-order chi connectivity index (χ1) is 14.8. The quantitative estimate of drug-likeness (QED) is 0.503. The van der Waals surface area contributed by atoms with E-state index in [0.29, 0.717) is 24.4 Å². The molecule has 0 atom stereocenters. The molecule has 4 aromatic rings. The van der Waals surface area contributed by atoms with E-state index in [2.05, 4.69) is 10.1 Å². The van der Waals surface area contributed by atoms with Crippen molar-refractivity contribution in [3.05, 3.63) is 78.6 Å². The Balaban J connectivity index is 1.31. The van der Waals surface area contributed by atoms with Crippen molar-refractivity contribution in [3.63, 3.8) is 0 Å². The maximum Gasteiger partial charge on any atom is 0.253 e. The van der Waals surface area contributed by atoms with Crippen LogP contribution in [0.1, 0.15) is 23.2 Å². The number of rotatable bonds is 4. The number of amides is 1. The highest BCUT2D eigenvalue weighted by Gasteiger charge is 2.25. The average Bonchev–Trinajstić information content (AvgIpc) is 3.24. The van der Waals surface area contributed by atoms with E-state index in [0.717, 1.165) is 35.1 Å². The largest absolute Gasteiger partial charge is 0.490 e. The van der Waals surface area contributed by atoms with Crippen molar-refractivity contribution in [1.29, 1.82) is 0 Å². The lowest BCUT2D eigenvalue weighted by atomic mass is 10.0. The molecule has 6 nitrogen and oxygen atoms in total. The van der Waals surface area contributed by atoms with Crippen molar-refractivity contribution >= 4 is 16.8 Å².